The van der Waals surface area contributed by atoms with Gasteiger partial charge in [-0.2, -0.15) is 0 Å². The molecule has 30 heavy (non-hydrogen) atoms. The van der Waals surface area contributed by atoms with Crippen LogP contribution in [-0.2, 0) is 11.3 Å². The van der Waals surface area contributed by atoms with Crippen molar-refractivity contribution in [2.45, 2.75) is 51.5 Å². The Kier molecular flexibility index (Phi) is 8.91. The van der Waals surface area contributed by atoms with E-state index in [2.05, 4.69) is 27.7 Å². The Hall–Kier alpha value is -2.66. The Balaban J connectivity index is 1.27. The molecule has 2 amide bonds. The third-order valence-corrected chi connectivity index (χ3v) is 5.49. The average molecular weight is 408 g/mol. The Morgan fingerprint density at radius 2 is 1.57 bits per heavy atom. The molecule has 0 radical (unpaired) electrons. The molecule has 0 spiro atoms. The van der Waals surface area contributed by atoms with Gasteiger partial charge < -0.3 is 10.6 Å². The van der Waals surface area contributed by atoms with Gasteiger partial charge in [0.05, 0.1) is 0 Å². The number of anilines is 1. The Morgan fingerprint density at radius 3 is 2.30 bits per heavy atom. The first-order valence-electron chi connectivity index (χ1n) is 11.1. The predicted molar refractivity (Wildman–Crippen MR) is 121 cm³/mol. The van der Waals surface area contributed by atoms with Crippen molar-refractivity contribution in [1.29, 1.82) is 0 Å². The summed E-state index contributed by atoms with van der Waals surface area (Å²) in [5.74, 6) is 0.00387. The maximum absolute atomic E-state index is 12.2. The Bertz CT molecular complexity index is 784. The van der Waals surface area contributed by atoms with Crippen LogP contribution in [0.5, 0.6) is 0 Å². The fourth-order valence-electron chi connectivity index (χ4n) is 3.77. The lowest BCUT2D eigenvalue weighted by molar-refractivity contribution is -0.116. The summed E-state index contributed by atoms with van der Waals surface area (Å²) in [4.78, 5) is 26.6. The minimum atomic E-state index is -0.0444. The van der Waals surface area contributed by atoms with Crippen LogP contribution in [0.25, 0.3) is 0 Å². The molecule has 0 bridgehead atoms. The maximum atomic E-state index is 12.2. The van der Waals surface area contributed by atoms with Crippen LogP contribution in [0.3, 0.4) is 0 Å². The molecule has 0 atom stereocenters. The molecule has 0 unspecified atom stereocenters. The molecule has 160 valence electrons. The van der Waals surface area contributed by atoms with Crippen molar-refractivity contribution in [3.8, 4) is 0 Å². The standard InChI is InChI=1S/C25H33N3O2/c29-24(12-6-2-7-17-26-25(30)22-10-4-1-5-11-22)27-23-15-13-21(14-16-23)20-28-18-8-3-9-19-28/h1,4-5,10-11,13-16H,2-3,6-9,12,17-20H2,(H,26,30)(H,27,29). The maximum Gasteiger partial charge on any atom is 0.251 e. The minimum Gasteiger partial charge on any atom is -0.352 e. The van der Waals surface area contributed by atoms with Gasteiger partial charge in [0.15, 0.2) is 0 Å². The lowest BCUT2D eigenvalue weighted by atomic mass is 10.1. The molecule has 5 nitrogen and oxygen atoms in total. The monoisotopic (exact) mass is 407 g/mol. The van der Waals surface area contributed by atoms with Crippen LogP contribution in [0, 0.1) is 0 Å². The van der Waals surface area contributed by atoms with Crippen LogP contribution in [0.4, 0.5) is 5.69 Å². The van der Waals surface area contributed by atoms with E-state index in [-0.39, 0.29) is 11.8 Å². The average Bonchev–Trinajstić information content (AvgIpc) is 2.78. The number of hydrogen-bond acceptors (Lipinski definition) is 3. The molecule has 0 saturated carbocycles. The fourth-order valence-corrected chi connectivity index (χ4v) is 3.77. The molecule has 0 aromatic heterocycles. The van der Waals surface area contributed by atoms with E-state index in [9.17, 15) is 9.59 Å². The second kappa shape index (κ2) is 12.1. The number of nitrogens with zero attached hydrogens (tertiary/aromatic N) is 1. The Morgan fingerprint density at radius 1 is 0.833 bits per heavy atom. The van der Waals surface area contributed by atoms with E-state index in [0.29, 0.717) is 18.5 Å². The molecule has 1 saturated heterocycles. The van der Waals surface area contributed by atoms with E-state index in [1.807, 2.05) is 30.3 Å². The number of piperidine rings is 1. The largest absolute Gasteiger partial charge is 0.352 e. The second-order valence-electron chi connectivity index (χ2n) is 8.01. The third-order valence-electron chi connectivity index (χ3n) is 5.49. The summed E-state index contributed by atoms with van der Waals surface area (Å²) in [6, 6.07) is 17.4. The van der Waals surface area contributed by atoms with Gasteiger partial charge in [0.2, 0.25) is 5.91 Å². The molecular formula is C25H33N3O2. The van der Waals surface area contributed by atoms with Gasteiger partial charge in [-0.1, -0.05) is 43.2 Å². The highest BCUT2D eigenvalue weighted by atomic mass is 16.2. The molecule has 2 aromatic rings. The number of benzene rings is 2. The van der Waals surface area contributed by atoms with E-state index in [4.69, 9.17) is 0 Å². The van der Waals surface area contributed by atoms with E-state index in [1.165, 1.54) is 37.9 Å². The van der Waals surface area contributed by atoms with Gasteiger partial charge in [-0.3, -0.25) is 14.5 Å². The summed E-state index contributed by atoms with van der Waals surface area (Å²) in [6.45, 7) is 4.01. The first-order valence-corrected chi connectivity index (χ1v) is 11.1. The van der Waals surface area contributed by atoms with Crippen LogP contribution in [0.15, 0.2) is 54.6 Å². The highest BCUT2D eigenvalue weighted by Gasteiger charge is 2.10. The normalized spacial score (nSPS) is 14.3. The van der Waals surface area contributed by atoms with E-state index in [1.54, 1.807) is 12.1 Å². The van der Waals surface area contributed by atoms with Crippen molar-refractivity contribution < 1.29 is 9.59 Å². The van der Waals surface area contributed by atoms with Gasteiger partial charge in [-0.25, -0.2) is 0 Å². The van der Waals surface area contributed by atoms with Gasteiger partial charge in [0, 0.05) is 30.8 Å². The number of rotatable bonds is 10. The van der Waals surface area contributed by atoms with Gasteiger partial charge in [0.1, 0.15) is 0 Å². The zero-order valence-corrected chi connectivity index (χ0v) is 17.7. The number of unbranched alkanes of at least 4 members (excludes halogenated alkanes) is 2. The van der Waals surface area contributed by atoms with Gasteiger partial charge in [-0.15, -0.1) is 0 Å². The third kappa shape index (κ3) is 7.64. The summed E-state index contributed by atoms with van der Waals surface area (Å²) < 4.78 is 0. The van der Waals surface area contributed by atoms with Crippen molar-refractivity contribution in [1.82, 2.24) is 10.2 Å². The van der Waals surface area contributed by atoms with Crippen molar-refractivity contribution >= 4 is 17.5 Å². The first kappa shape index (κ1) is 22.0. The SMILES string of the molecule is O=C(CCCCCNC(=O)c1ccccc1)Nc1ccc(CN2CCCCC2)cc1. The molecular weight excluding hydrogens is 374 g/mol. The quantitative estimate of drug-likeness (QED) is 0.566. The number of nitrogens with one attached hydrogen (secondary N) is 2. The van der Waals surface area contributed by atoms with E-state index in [0.717, 1.165) is 31.5 Å². The van der Waals surface area contributed by atoms with E-state index < -0.39 is 0 Å². The summed E-state index contributed by atoms with van der Waals surface area (Å²) >= 11 is 0. The fraction of sp³-hybridized carbons (Fsp3) is 0.440. The Labute approximate surface area is 179 Å². The van der Waals surface area contributed by atoms with Crippen molar-refractivity contribution in [2.24, 2.45) is 0 Å². The van der Waals surface area contributed by atoms with Crippen molar-refractivity contribution in [3.05, 3.63) is 65.7 Å². The summed E-state index contributed by atoms with van der Waals surface area (Å²) in [6.07, 6.45) is 7.06. The van der Waals surface area contributed by atoms with E-state index >= 15 is 0 Å². The van der Waals surface area contributed by atoms with Gasteiger partial charge in [-0.05, 0) is 68.6 Å². The number of likely N-dealkylation sites (tertiary alicyclic amines) is 1. The van der Waals surface area contributed by atoms with Crippen LogP contribution < -0.4 is 10.6 Å². The number of carbonyl (C=O) groups is 2. The molecule has 1 aliphatic heterocycles. The second-order valence-corrected chi connectivity index (χ2v) is 8.01. The van der Waals surface area contributed by atoms with Crippen molar-refractivity contribution in [3.63, 3.8) is 0 Å². The van der Waals surface area contributed by atoms with Gasteiger partial charge >= 0.3 is 0 Å². The van der Waals surface area contributed by atoms with Crippen LogP contribution in [-0.4, -0.2) is 36.3 Å². The molecule has 3 rings (SSSR count). The highest BCUT2D eigenvalue weighted by Crippen LogP contribution is 2.15. The summed E-state index contributed by atoms with van der Waals surface area (Å²) in [5, 5.41) is 5.90. The number of hydrogen-bond donors (Lipinski definition) is 2. The number of carbonyl (C=O) groups excluding carboxylic acids is 2. The molecule has 2 aromatic carbocycles. The smallest absolute Gasteiger partial charge is 0.251 e. The molecule has 0 aliphatic carbocycles. The highest BCUT2D eigenvalue weighted by molar-refractivity contribution is 5.94. The van der Waals surface area contributed by atoms with Gasteiger partial charge in [0.25, 0.3) is 5.91 Å². The van der Waals surface area contributed by atoms with Crippen LogP contribution >= 0.6 is 0 Å². The lowest BCUT2D eigenvalue weighted by Crippen LogP contribution is -2.29. The number of amides is 2. The van der Waals surface area contributed by atoms with Crippen LogP contribution in [0.2, 0.25) is 0 Å². The van der Waals surface area contributed by atoms with Crippen LogP contribution in [0.1, 0.15) is 60.9 Å². The first-order chi connectivity index (χ1) is 14.7. The zero-order valence-electron chi connectivity index (χ0n) is 17.7. The lowest BCUT2D eigenvalue weighted by Gasteiger charge is -2.26. The zero-order chi connectivity index (χ0) is 21.0. The predicted octanol–water partition coefficient (Wildman–Crippen LogP) is 4.60. The summed E-state index contributed by atoms with van der Waals surface area (Å²) in [5.41, 5.74) is 2.84. The van der Waals surface area contributed by atoms with Crippen molar-refractivity contribution in [2.75, 3.05) is 25.0 Å². The molecule has 5 heteroatoms. The molecule has 1 aliphatic rings. The molecule has 1 fully saturated rings. The molecule has 2 N–H and O–H groups in total. The topological polar surface area (TPSA) is 61.4 Å². The summed E-state index contributed by atoms with van der Waals surface area (Å²) in [7, 11) is 0. The molecule has 1 heterocycles. The minimum absolute atomic E-state index is 0.0444.